The van der Waals surface area contributed by atoms with Crippen molar-refractivity contribution >= 4 is 11.8 Å². The van der Waals surface area contributed by atoms with Crippen molar-refractivity contribution in [2.45, 2.75) is 36.5 Å². The first kappa shape index (κ1) is 11.6. The zero-order chi connectivity index (χ0) is 11.5. The molecule has 0 saturated carbocycles. The smallest absolute Gasteiger partial charge is 0.0107 e. The largest absolute Gasteiger partial charge is 0.316 e. The number of hydrogen-bond donors (Lipinski definition) is 1. The molecular formula is C15H21NS. The van der Waals surface area contributed by atoms with Crippen molar-refractivity contribution in [2.24, 2.45) is 5.92 Å². The van der Waals surface area contributed by atoms with Crippen LogP contribution in [0.25, 0.3) is 0 Å². The van der Waals surface area contributed by atoms with Crippen LogP contribution in [0.1, 0.15) is 37.2 Å². The summed E-state index contributed by atoms with van der Waals surface area (Å²) in [5, 5.41) is 3.59. The van der Waals surface area contributed by atoms with Gasteiger partial charge in [-0.3, -0.25) is 0 Å². The van der Waals surface area contributed by atoms with E-state index < -0.39 is 0 Å². The molecule has 1 nitrogen and oxygen atoms in total. The number of thioether (sulfide) groups is 1. The second kappa shape index (κ2) is 5.45. The molecule has 2 heteroatoms. The molecule has 1 saturated heterocycles. The molecule has 92 valence electrons. The lowest BCUT2D eigenvalue weighted by Crippen LogP contribution is -2.22. The standard InChI is InChI=1S/C15H21NS/c1-2-7-15-14(6-1)13(11-17-15)9-12-5-3-4-8-16-10-12/h1-2,6-7,12-13,16H,3-5,8-11H2. The topological polar surface area (TPSA) is 12.0 Å². The number of fused-ring (bicyclic) bond motifs is 1. The first-order chi connectivity index (χ1) is 8.43. The molecule has 0 bridgehead atoms. The Bertz CT molecular complexity index is 369. The summed E-state index contributed by atoms with van der Waals surface area (Å²) in [7, 11) is 0. The highest BCUT2D eigenvalue weighted by Crippen LogP contribution is 2.42. The van der Waals surface area contributed by atoms with Gasteiger partial charge in [-0.25, -0.2) is 0 Å². The van der Waals surface area contributed by atoms with Crippen LogP contribution in [0.4, 0.5) is 0 Å². The minimum absolute atomic E-state index is 0.807. The minimum Gasteiger partial charge on any atom is -0.316 e. The first-order valence-corrected chi connectivity index (χ1v) is 7.84. The summed E-state index contributed by atoms with van der Waals surface area (Å²) in [5.74, 6) is 3.01. The highest BCUT2D eigenvalue weighted by Gasteiger charge is 2.25. The monoisotopic (exact) mass is 247 g/mol. The lowest BCUT2D eigenvalue weighted by atomic mass is 9.88. The van der Waals surface area contributed by atoms with E-state index in [1.807, 2.05) is 11.8 Å². The molecule has 1 aromatic rings. The third-order valence-electron chi connectivity index (χ3n) is 4.07. The summed E-state index contributed by atoms with van der Waals surface area (Å²) in [6.07, 6.45) is 5.60. The maximum Gasteiger partial charge on any atom is 0.0107 e. The first-order valence-electron chi connectivity index (χ1n) is 6.86. The molecule has 0 aromatic heterocycles. The third kappa shape index (κ3) is 2.69. The van der Waals surface area contributed by atoms with Crippen molar-refractivity contribution in [3.05, 3.63) is 29.8 Å². The Kier molecular flexibility index (Phi) is 3.72. The fourth-order valence-corrected chi connectivity index (χ4v) is 4.39. The maximum absolute atomic E-state index is 3.59. The van der Waals surface area contributed by atoms with Gasteiger partial charge in [-0.1, -0.05) is 24.6 Å². The van der Waals surface area contributed by atoms with Crippen molar-refractivity contribution in [1.29, 1.82) is 0 Å². The summed E-state index contributed by atoms with van der Waals surface area (Å²) in [5.41, 5.74) is 1.61. The van der Waals surface area contributed by atoms with Crippen LogP contribution in [0.5, 0.6) is 0 Å². The van der Waals surface area contributed by atoms with E-state index in [-0.39, 0.29) is 0 Å². The predicted molar refractivity (Wildman–Crippen MR) is 74.7 cm³/mol. The molecule has 0 radical (unpaired) electrons. The van der Waals surface area contributed by atoms with Gasteiger partial charge in [0.15, 0.2) is 0 Å². The predicted octanol–water partition coefficient (Wildman–Crippen LogP) is 3.66. The van der Waals surface area contributed by atoms with Crippen LogP contribution in [-0.2, 0) is 0 Å². The molecule has 0 aliphatic carbocycles. The SMILES string of the molecule is c1ccc2c(c1)SCC2CC1CCCCNC1. The van der Waals surface area contributed by atoms with Crippen LogP contribution in [0.3, 0.4) is 0 Å². The van der Waals surface area contributed by atoms with Crippen molar-refractivity contribution < 1.29 is 0 Å². The van der Waals surface area contributed by atoms with Gasteiger partial charge in [0, 0.05) is 10.6 Å². The number of hydrogen-bond acceptors (Lipinski definition) is 2. The van der Waals surface area contributed by atoms with Gasteiger partial charge in [0.05, 0.1) is 0 Å². The Morgan fingerprint density at radius 2 is 2.18 bits per heavy atom. The Balaban J connectivity index is 1.66. The molecule has 1 fully saturated rings. The summed E-state index contributed by atoms with van der Waals surface area (Å²) in [6.45, 7) is 2.47. The Morgan fingerprint density at radius 3 is 3.18 bits per heavy atom. The normalized spacial score (nSPS) is 28.7. The van der Waals surface area contributed by atoms with Gasteiger partial charge in [-0.2, -0.15) is 0 Å². The average molecular weight is 247 g/mol. The van der Waals surface area contributed by atoms with E-state index in [9.17, 15) is 0 Å². The molecule has 2 unspecified atom stereocenters. The third-order valence-corrected chi connectivity index (χ3v) is 5.32. The summed E-state index contributed by atoms with van der Waals surface area (Å²) < 4.78 is 0. The van der Waals surface area contributed by atoms with Crippen LogP contribution < -0.4 is 5.32 Å². The van der Waals surface area contributed by atoms with Crippen LogP contribution in [0.15, 0.2) is 29.2 Å². The highest BCUT2D eigenvalue weighted by molar-refractivity contribution is 7.99. The quantitative estimate of drug-likeness (QED) is 0.856. The van der Waals surface area contributed by atoms with Crippen molar-refractivity contribution in [1.82, 2.24) is 5.32 Å². The van der Waals surface area contributed by atoms with E-state index in [4.69, 9.17) is 0 Å². The van der Waals surface area contributed by atoms with E-state index in [1.54, 1.807) is 5.56 Å². The molecular weight excluding hydrogens is 226 g/mol. The van der Waals surface area contributed by atoms with E-state index in [0.29, 0.717) is 0 Å². The van der Waals surface area contributed by atoms with Crippen LogP contribution in [-0.4, -0.2) is 18.8 Å². The summed E-state index contributed by atoms with van der Waals surface area (Å²) >= 11 is 2.05. The number of nitrogens with one attached hydrogen (secondary N) is 1. The van der Waals surface area contributed by atoms with Crippen LogP contribution >= 0.6 is 11.8 Å². The Morgan fingerprint density at radius 1 is 1.24 bits per heavy atom. The minimum atomic E-state index is 0.807. The van der Waals surface area contributed by atoms with Gasteiger partial charge in [0.2, 0.25) is 0 Å². The molecule has 2 heterocycles. The van der Waals surface area contributed by atoms with Crippen molar-refractivity contribution in [3.8, 4) is 0 Å². The summed E-state index contributed by atoms with van der Waals surface area (Å²) in [4.78, 5) is 1.53. The highest BCUT2D eigenvalue weighted by atomic mass is 32.2. The van der Waals surface area contributed by atoms with E-state index >= 15 is 0 Å². The second-order valence-corrected chi connectivity index (χ2v) is 6.41. The second-order valence-electron chi connectivity index (χ2n) is 5.35. The number of benzene rings is 1. The van der Waals surface area contributed by atoms with Gasteiger partial charge in [-0.15, -0.1) is 11.8 Å². The number of rotatable bonds is 2. The van der Waals surface area contributed by atoms with Crippen LogP contribution in [0.2, 0.25) is 0 Å². The molecule has 1 N–H and O–H groups in total. The average Bonchev–Trinajstić information content (AvgIpc) is 2.59. The zero-order valence-corrected chi connectivity index (χ0v) is 11.1. The molecule has 17 heavy (non-hydrogen) atoms. The van der Waals surface area contributed by atoms with Crippen molar-refractivity contribution in [2.75, 3.05) is 18.8 Å². The zero-order valence-electron chi connectivity index (χ0n) is 10.3. The van der Waals surface area contributed by atoms with Gasteiger partial charge in [0.25, 0.3) is 0 Å². The Labute approximate surface area is 108 Å². The fourth-order valence-electron chi connectivity index (χ4n) is 3.12. The van der Waals surface area contributed by atoms with Gasteiger partial charge in [0.1, 0.15) is 0 Å². The van der Waals surface area contributed by atoms with Gasteiger partial charge in [-0.05, 0) is 55.8 Å². The lowest BCUT2D eigenvalue weighted by Gasteiger charge is -2.19. The van der Waals surface area contributed by atoms with Crippen molar-refractivity contribution in [3.63, 3.8) is 0 Å². The molecule has 2 aliphatic heterocycles. The van der Waals surface area contributed by atoms with Gasteiger partial charge < -0.3 is 5.32 Å². The Hall–Kier alpha value is -0.470. The molecule has 0 spiro atoms. The molecule has 2 aliphatic rings. The summed E-state index contributed by atoms with van der Waals surface area (Å²) in [6, 6.07) is 8.99. The molecule has 2 atom stereocenters. The lowest BCUT2D eigenvalue weighted by molar-refractivity contribution is 0.418. The van der Waals surface area contributed by atoms with Crippen LogP contribution in [0, 0.1) is 5.92 Å². The maximum atomic E-state index is 3.59. The van der Waals surface area contributed by atoms with E-state index in [1.165, 1.54) is 49.4 Å². The fraction of sp³-hybridized carbons (Fsp3) is 0.600. The molecule has 1 aromatic carbocycles. The molecule has 3 rings (SSSR count). The van der Waals surface area contributed by atoms with Gasteiger partial charge >= 0.3 is 0 Å². The van der Waals surface area contributed by atoms with E-state index in [0.717, 1.165) is 11.8 Å². The van der Waals surface area contributed by atoms with E-state index in [2.05, 4.69) is 29.6 Å². The molecule has 0 amide bonds.